The first-order valence-electron chi connectivity index (χ1n) is 8.65. The average molecular weight is 315 g/mol. The van der Waals surface area contributed by atoms with Crippen LogP contribution < -0.4 is 4.90 Å². The number of hydrogen-bond acceptors (Lipinski definition) is 3. The van der Waals surface area contributed by atoms with Gasteiger partial charge in [-0.15, -0.1) is 0 Å². The van der Waals surface area contributed by atoms with Gasteiger partial charge in [-0.3, -0.25) is 0 Å². The average Bonchev–Trinajstić information content (AvgIpc) is 2.67. The molecule has 0 radical (unpaired) electrons. The molecule has 1 aliphatic rings. The second-order valence-electron chi connectivity index (χ2n) is 6.21. The molecule has 0 N–H and O–H groups in total. The van der Waals surface area contributed by atoms with Crippen molar-refractivity contribution in [3.05, 3.63) is 66.0 Å². The van der Waals surface area contributed by atoms with Gasteiger partial charge in [0.25, 0.3) is 0 Å². The van der Waals surface area contributed by atoms with E-state index in [1.165, 1.54) is 19.3 Å². The molecule has 0 aliphatic carbocycles. The van der Waals surface area contributed by atoms with Crippen molar-refractivity contribution in [1.82, 2.24) is 9.97 Å². The molecule has 3 aromatic rings. The number of fused-ring (bicyclic) bond motifs is 1. The molecule has 24 heavy (non-hydrogen) atoms. The Morgan fingerprint density at radius 1 is 0.750 bits per heavy atom. The fourth-order valence-corrected chi connectivity index (χ4v) is 3.23. The Kier molecular flexibility index (Phi) is 4.24. The zero-order chi connectivity index (χ0) is 16.2. The first kappa shape index (κ1) is 14.9. The van der Waals surface area contributed by atoms with Crippen LogP contribution in [0.1, 0.15) is 30.7 Å². The van der Waals surface area contributed by atoms with Gasteiger partial charge in [-0.25, -0.2) is 9.97 Å². The molecule has 0 amide bonds. The van der Waals surface area contributed by atoms with Gasteiger partial charge in [0, 0.05) is 18.5 Å². The summed E-state index contributed by atoms with van der Waals surface area (Å²) in [6.45, 7) is 2.17. The van der Waals surface area contributed by atoms with E-state index in [4.69, 9.17) is 9.97 Å². The Labute approximate surface area is 142 Å². The topological polar surface area (TPSA) is 29.0 Å². The molecule has 0 spiro atoms. The highest BCUT2D eigenvalue weighted by molar-refractivity contribution is 5.90. The van der Waals surface area contributed by atoms with Gasteiger partial charge in [0.05, 0.1) is 5.52 Å². The van der Waals surface area contributed by atoms with Crippen LogP contribution in [0.5, 0.6) is 0 Å². The summed E-state index contributed by atoms with van der Waals surface area (Å²) in [7, 11) is 0. The van der Waals surface area contributed by atoms with E-state index in [9.17, 15) is 0 Å². The molecule has 2 heterocycles. The number of hydrogen-bond donors (Lipinski definition) is 0. The van der Waals surface area contributed by atoms with E-state index < -0.39 is 0 Å². The van der Waals surface area contributed by atoms with Crippen molar-refractivity contribution in [1.29, 1.82) is 0 Å². The van der Waals surface area contributed by atoms with Crippen LogP contribution in [0.15, 0.2) is 54.6 Å². The lowest BCUT2D eigenvalue weighted by Gasteiger charge is -2.28. The number of nitrogens with zero attached hydrogens (tertiary/aromatic N) is 3. The van der Waals surface area contributed by atoms with E-state index in [2.05, 4.69) is 41.3 Å². The van der Waals surface area contributed by atoms with Gasteiger partial charge in [0.2, 0.25) is 0 Å². The predicted octanol–water partition coefficient (Wildman–Crippen LogP) is 4.79. The standard InChI is InChI=1S/C21H21N3/c1-3-9-17(10-4-1)13-14-20-22-19-12-6-5-11-18(19)21(23-20)24-15-7-2-8-16-24/h1,3-6,9-14H,2,7-8,15-16H2/b14-13+. The van der Waals surface area contributed by atoms with Crippen LogP contribution in [-0.4, -0.2) is 23.1 Å². The van der Waals surface area contributed by atoms with Gasteiger partial charge >= 0.3 is 0 Å². The third-order valence-electron chi connectivity index (χ3n) is 4.48. The van der Waals surface area contributed by atoms with Crippen LogP contribution in [0, 0.1) is 0 Å². The van der Waals surface area contributed by atoms with E-state index in [0.717, 1.165) is 41.2 Å². The molecule has 3 heteroatoms. The number of rotatable bonds is 3. The molecule has 1 saturated heterocycles. The molecule has 4 rings (SSSR count). The Morgan fingerprint density at radius 2 is 1.50 bits per heavy atom. The van der Waals surface area contributed by atoms with E-state index in [-0.39, 0.29) is 0 Å². The summed E-state index contributed by atoms with van der Waals surface area (Å²) >= 11 is 0. The first-order chi connectivity index (χ1) is 11.9. The van der Waals surface area contributed by atoms with Gasteiger partial charge in [-0.05, 0) is 43.0 Å². The minimum atomic E-state index is 0.776. The van der Waals surface area contributed by atoms with Gasteiger partial charge in [0.15, 0.2) is 5.82 Å². The van der Waals surface area contributed by atoms with Gasteiger partial charge in [-0.1, -0.05) is 48.5 Å². The number of benzene rings is 2. The molecule has 120 valence electrons. The van der Waals surface area contributed by atoms with Gasteiger partial charge in [-0.2, -0.15) is 0 Å². The lowest BCUT2D eigenvalue weighted by Crippen LogP contribution is -2.30. The maximum atomic E-state index is 4.87. The molecule has 0 atom stereocenters. The molecular formula is C21H21N3. The molecule has 2 aromatic carbocycles. The highest BCUT2D eigenvalue weighted by atomic mass is 15.2. The second-order valence-corrected chi connectivity index (χ2v) is 6.21. The third kappa shape index (κ3) is 3.16. The van der Waals surface area contributed by atoms with Crippen molar-refractivity contribution < 1.29 is 0 Å². The summed E-state index contributed by atoms with van der Waals surface area (Å²) in [5.74, 6) is 1.85. The Morgan fingerprint density at radius 3 is 2.33 bits per heavy atom. The van der Waals surface area contributed by atoms with Crippen LogP contribution in [-0.2, 0) is 0 Å². The molecule has 0 saturated carbocycles. The maximum absolute atomic E-state index is 4.87. The number of piperidine rings is 1. The molecule has 0 unspecified atom stereocenters. The monoisotopic (exact) mass is 315 g/mol. The summed E-state index contributed by atoms with van der Waals surface area (Å²) in [5, 5.41) is 1.15. The minimum Gasteiger partial charge on any atom is -0.356 e. The van der Waals surface area contributed by atoms with Crippen molar-refractivity contribution in [3.63, 3.8) is 0 Å². The number of aromatic nitrogens is 2. The quantitative estimate of drug-likeness (QED) is 0.696. The van der Waals surface area contributed by atoms with Crippen LogP contribution in [0.2, 0.25) is 0 Å². The van der Waals surface area contributed by atoms with Gasteiger partial charge in [0.1, 0.15) is 5.82 Å². The lowest BCUT2D eigenvalue weighted by molar-refractivity contribution is 0.574. The first-order valence-corrected chi connectivity index (χ1v) is 8.65. The minimum absolute atomic E-state index is 0.776. The SMILES string of the molecule is C(=C\c1nc(N2CCCCC2)c2ccccc2n1)/c1ccccc1. The van der Waals surface area contributed by atoms with Gasteiger partial charge < -0.3 is 4.90 Å². The molecule has 1 aliphatic heterocycles. The second kappa shape index (κ2) is 6.83. The Bertz CT molecular complexity index is 849. The summed E-state index contributed by atoms with van der Waals surface area (Å²) in [6, 6.07) is 18.6. The molecule has 0 bridgehead atoms. The molecule has 3 nitrogen and oxygen atoms in total. The van der Waals surface area contributed by atoms with E-state index in [1.807, 2.05) is 30.3 Å². The number of para-hydroxylation sites is 1. The van der Waals surface area contributed by atoms with Crippen LogP contribution in [0.3, 0.4) is 0 Å². The lowest BCUT2D eigenvalue weighted by atomic mass is 10.1. The zero-order valence-electron chi connectivity index (χ0n) is 13.7. The highest BCUT2D eigenvalue weighted by Gasteiger charge is 2.16. The summed E-state index contributed by atoms with van der Waals surface area (Å²) < 4.78 is 0. The number of anilines is 1. The van der Waals surface area contributed by atoms with Crippen LogP contribution in [0.4, 0.5) is 5.82 Å². The Balaban J connectivity index is 1.75. The smallest absolute Gasteiger partial charge is 0.154 e. The van der Waals surface area contributed by atoms with E-state index in [0.29, 0.717) is 0 Å². The largest absolute Gasteiger partial charge is 0.356 e. The summed E-state index contributed by atoms with van der Waals surface area (Å²) in [5.41, 5.74) is 2.18. The van der Waals surface area contributed by atoms with E-state index in [1.54, 1.807) is 0 Å². The maximum Gasteiger partial charge on any atom is 0.154 e. The molecular weight excluding hydrogens is 294 g/mol. The van der Waals surface area contributed by atoms with Crippen molar-refractivity contribution in [2.45, 2.75) is 19.3 Å². The van der Waals surface area contributed by atoms with Crippen LogP contribution in [0.25, 0.3) is 23.1 Å². The fourth-order valence-electron chi connectivity index (χ4n) is 3.23. The molecule has 1 fully saturated rings. The van der Waals surface area contributed by atoms with E-state index >= 15 is 0 Å². The zero-order valence-corrected chi connectivity index (χ0v) is 13.7. The predicted molar refractivity (Wildman–Crippen MR) is 101 cm³/mol. The highest BCUT2D eigenvalue weighted by Crippen LogP contribution is 2.26. The molecule has 1 aromatic heterocycles. The van der Waals surface area contributed by atoms with Crippen LogP contribution >= 0.6 is 0 Å². The summed E-state index contributed by atoms with van der Waals surface area (Å²) in [6.07, 6.45) is 7.89. The van der Waals surface area contributed by atoms with Crippen molar-refractivity contribution in [3.8, 4) is 0 Å². The van der Waals surface area contributed by atoms with Crippen molar-refractivity contribution in [2.24, 2.45) is 0 Å². The Hall–Kier alpha value is -2.68. The summed E-state index contributed by atoms with van der Waals surface area (Å²) in [4.78, 5) is 12.0. The van der Waals surface area contributed by atoms with Crippen molar-refractivity contribution >= 4 is 28.9 Å². The third-order valence-corrected chi connectivity index (χ3v) is 4.48. The van der Waals surface area contributed by atoms with Crippen molar-refractivity contribution in [2.75, 3.05) is 18.0 Å². The fraction of sp³-hybridized carbons (Fsp3) is 0.238. The normalized spacial score (nSPS) is 15.2.